The van der Waals surface area contributed by atoms with Crippen LogP contribution in [0.15, 0.2) is 12.1 Å². The zero-order valence-corrected chi connectivity index (χ0v) is 10.8. The highest BCUT2D eigenvalue weighted by Gasteiger charge is 2.46. The number of carboxylic acid groups (broad SMARTS) is 1. The summed E-state index contributed by atoms with van der Waals surface area (Å²) in [5, 5.41) is 21.8. The van der Waals surface area contributed by atoms with Gasteiger partial charge < -0.3 is 15.5 Å². The predicted octanol–water partition coefficient (Wildman–Crippen LogP) is 1.70. The Labute approximate surface area is 104 Å². The number of thiophene rings is 1. The molecule has 0 bridgehead atoms. The first-order valence-corrected chi connectivity index (χ1v) is 6.46. The van der Waals surface area contributed by atoms with Crippen LogP contribution in [0.2, 0.25) is 0 Å². The summed E-state index contributed by atoms with van der Waals surface area (Å²) in [7, 11) is 0. The third kappa shape index (κ3) is 2.36. The number of aromatic carboxylic acids is 1. The van der Waals surface area contributed by atoms with Gasteiger partial charge in [-0.1, -0.05) is 13.8 Å². The zero-order valence-electron chi connectivity index (χ0n) is 9.93. The summed E-state index contributed by atoms with van der Waals surface area (Å²) < 4.78 is 0. The van der Waals surface area contributed by atoms with Gasteiger partial charge in [-0.05, 0) is 18.6 Å². The molecule has 1 aromatic heterocycles. The topological polar surface area (TPSA) is 69.6 Å². The number of carbonyl (C=O) groups is 1. The quantitative estimate of drug-likeness (QED) is 0.766. The SMILES string of the molecule is CC1(C)C(O)CC1NCc1ccc(C(=O)O)s1. The van der Waals surface area contributed by atoms with E-state index in [0.29, 0.717) is 17.5 Å². The van der Waals surface area contributed by atoms with E-state index >= 15 is 0 Å². The van der Waals surface area contributed by atoms with Gasteiger partial charge in [0, 0.05) is 22.9 Å². The van der Waals surface area contributed by atoms with E-state index in [1.165, 1.54) is 11.3 Å². The average Bonchev–Trinajstić information content (AvgIpc) is 2.72. The highest BCUT2D eigenvalue weighted by Crippen LogP contribution is 2.40. The summed E-state index contributed by atoms with van der Waals surface area (Å²) in [5.41, 5.74) is -0.0904. The highest BCUT2D eigenvalue weighted by molar-refractivity contribution is 7.13. The van der Waals surface area contributed by atoms with Crippen LogP contribution in [-0.2, 0) is 6.54 Å². The largest absolute Gasteiger partial charge is 0.477 e. The molecule has 1 aliphatic carbocycles. The highest BCUT2D eigenvalue weighted by atomic mass is 32.1. The minimum absolute atomic E-state index is 0.0904. The van der Waals surface area contributed by atoms with Crippen molar-refractivity contribution in [3.05, 3.63) is 21.9 Å². The van der Waals surface area contributed by atoms with Gasteiger partial charge in [-0.3, -0.25) is 0 Å². The van der Waals surface area contributed by atoms with Crippen molar-refractivity contribution >= 4 is 17.3 Å². The van der Waals surface area contributed by atoms with Crippen LogP contribution in [0.4, 0.5) is 0 Å². The maximum Gasteiger partial charge on any atom is 0.345 e. The monoisotopic (exact) mass is 255 g/mol. The van der Waals surface area contributed by atoms with E-state index in [1.54, 1.807) is 6.07 Å². The second-order valence-electron chi connectivity index (χ2n) is 5.08. The standard InChI is InChI=1S/C12H17NO3S/c1-12(2)9(5-10(12)14)13-6-7-3-4-8(17-7)11(15)16/h3-4,9-10,13-14H,5-6H2,1-2H3,(H,15,16). The maximum absolute atomic E-state index is 10.7. The molecule has 0 amide bonds. The lowest BCUT2D eigenvalue weighted by Gasteiger charge is -2.49. The molecule has 2 atom stereocenters. The van der Waals surface area contributed by atoms with Gasteiger partial charge in [0.25, 0.3) is 0 Å². The molecule has 0 aromatic carbocycles. The molecule has 0 saturated heterocycles. The first-order chi connectivity index (χ1) is 7.91. The van der Waals surface area contributed by atoms with Crippen LogP contribution in [0.3, 0.4) is 0 Å². The number of aliphatic hydroxyl groups excluding tert-OH is 1. The molecule has 1 saturated carbocycles. The molecule has 4 nitrogen and oxygen atoms in total. The Kier molecular flexibility index (Phi) is 3.25. The average molecular weight is 255 g/mol. The van der Waals surface area contributed by atoms with Crippen LogP contribution in [0.25, 0.3) is 0 Å². The smallest absolute Gasteiger partial charge is 0.345 e. The van der Waals surface area contributed by atoms with Crippen molar-refractivity contribution in [2.45, 2.75) is 39.0 Å². The molecule has 1 heterocycles. The van der Waals surface area contributed by atoms with E-state index in [2.05, 4.69) is 5.32 Å². The first-order valence-electron chi connectivity index (χ1n) is 5.64. The van der Waals surface area contributed by atoms with Crippen molar-refractivity contribution in [2.75, 3.05) is 0 Å². The lowest BCUT2D eigenvalue weighted by atomic mass is 9.64. The summed E-state index contributed by atoms with van der Waals surface area (Å²) in [5.74, 6) is -0.874. The van der Waals surface area contributed by atoms with Crippen LogP contribution in [0.1, 0.15) is 34.8 Å². The van der Waals surface area contributed by atoms with E-state index in [9.17, 15) is 9.90 Å². The number of hydrogen-bond acceptors (Lipinski definition) is 4. The van der Waals surface area contributed by atoms with E-state index in [4.69, 9.17) is 5.11 Å². The van der Waals surface area contributed by atoms with Crippen molar-refractivity contribution in [3.63, 3.8) is 0 Å². The van der Waals surface area contributed by atoms with Gasteiger partial charge in [0.1, 0.15) is 4.88 Å². The fourth-order valence-electron chi connectivity index (χ4n) is 2.06. The van der Waals surface area contributed by atoms with E-state index in [0.717, 1.165) is 11.3 Å². The van der Waals surface area contributed by atoms with Crippen LogP contribution < -0.4 is 5.32 Å². The zero-order chi connectivity index (χ0) is 12.6. The third-order valence-corrected chi connectivity index (χ3v) is 4.68. The van der Waals surface area contributed by atoms with Crippen molar-refractivity contribution in [1.29, 1.82) is 0 Å². The molecular formula is C12H17NO3S. The predicted molar refractivity (Wildman–Crippen MR) is 66.3 cm³/mol. The number of carboxylic acids is 1. The van der Waals surface area contributed by atoms with Gasteiger partial charge in [0.2, 0.25) is 0 Å². The normalized spacial score (nSPS) is 26.5. The number of nitrogens with one attached hydrogen (secondary N) is 1. The van der Waals surface area contributed by atoms with Crippen LogP contribution in [-0.4, -0.2) is 28.3 Å². The molecule has 0 aliphatic heterocycles. The fourth-order valence-corrected chi connectivity index (χ4v) is 2.86. The first kappa shape index (κ1) is 12.5. The molecule has 1 fully saturated rings. The Morgan fingerprint density at radius 1 is 1.59 bits per heavy atom. The molecule has 1 aromatic rings. The van der Waals surface area contributed by atoms with Crippen molar-refractivity contribution in [3.8, 4) is 0 Å². The van der Waals surface area contributed by atoms with Crippen LogP contribution >= 0.6 is 11.3 Å². The Balaban J connectivity index is 1.88. The Bertz CT molecular complexity index is 427. The summed E-state index contributed by atoms with van der Waals surface area (Å²) in [6.45, 7) is 4.74. The summed E-state index contributed by atoms with van der Waals surface area (Å²) in [6.07, 6.45) is 0.530. The second kappa shape index (κ2) is 4.40. The molecule has 17 heavy (non-hydrogen) atoms. The molecule has 3 N–H and O–H groups in total. The van der Waals surface area contributed by atoms with Crippen LogP contribution in [0.5, 0.6) is 0 Å². The molecule has 2 rings (SSSR count). The molecule has 1 aliphatic rings. The molecule has 0 spiro atoms. The lowest BCUT2D eigenvalue weighted by molar-refractivity contribution is -0.0729. The molecular weight excluding hydrogens is 238 g/mol. The minimum atomic E-state index is -0.874. The van der Waals surface area contributed by atoms with Crippen molar-refractivity contribution in [1.82, 2.24) is 5.32 Å². The fraction of sp³-hybridized carbons (Fsp3) is 0.583. The van der Waals surface area contributed by atoms with Gasteiger partial charge in [-0.25, -0.2) is 4.79 Å². The van der Waals surface area contributed by atoms with Gasteiger partial charge >= 0.3 is 5.97 Å². The molecule has 2 unspecified atom stereocenters. The Hall–Kier alpha value is -0.910. The Morgan fingerprint density at radius 2 is 2.29 bits per heavy atom. The van der Waals surface area contributed by atoms with Gasteiger partial charge in [-0.15, -0.1) is 11.3 Å². The maximum atomic E-state index is 10.7. The molecule has 0 radical (unpaired) electrons. The van der Waals surface area contributed by atoms with Gasteiger partial charge in [0.15, 0.2) is 0 Å². The molecule has 5 heteroatoms. The van der Waals surface area contributed by atoms with E-state index in [-0.39, 0.29) is 11.5 Å². The second-order valence-corrected chi connectivity index (χ2v) is 6.25. The Morgan fingerprint density at radius 3 is 2.76 bits per heavy atom. The third-order valence-electron chi connectivity index (χ3n) is 3.61. The van der Waals surface area contributed by atoms with E-state index in [1.807, 2.05) is 19.9 Å². The van der Waals surface area contributed by atoms with Gasteiger partial charge in [0.05, 0.1) is 6.10 Å². The minimum Gasteiger partial charge on any atom is -0.477 e. The van der Waals surface area contributed by atoms with Gasteiger partial charge in [-0.2, -0.15) is 0 Å². The lowest BCUT2D eigenvalue weighted by Crippen LogP contribution is -2.59. The van der Waals surface area contributed by atoms with Crippen molar-refractivity contribution < 1.29 is 15.0 Å². The van der Waals surface area contributed by atoms with Crippen molar-refractivity contribution in [2.24, 2.45) is 5.41 Å². The van der Waals surface area contributed by atoms with E-state index < -0.39 is 5.97 Å². The summed E-state index contributed by atoms with van der Waals surface area (Å²) >= 11 is 1.29. The number of hydrogen-bond donors (Lipinski definition) is 3. The van der Waals surface area contributed by atoms with Crippen LogP contribution in [0, 0.1) is 5.41 Å². The summed E-state index contributed by atoms with van der Waals surface area (Å²) in [4.78, 5) is 12.1. The number of aliphatic hydroxyl groups is 1. The molecule has 94 valence electrons. The number of rotatable bonds is 4. The summed E-state index contributed by atoms with van der Waals surface area (Å²) in [6, 6.07) is 3.77.